The molecule has 0 aliphatic heterocycles. The second-order valence-electron chi connectivity index (χ2n) is 5.19. The zero-order chi connectivity index (χ0) is 13.4. The molecule has 0 spiro atoms. The fourth-order valence-corrected chi connectivity index (χ4v) is 1.73. The van der Waals surface area contributed by atoms with E-state index in [1.165, 1.54) is 6.42 Å². The third-order valence-corrected chi connectivity index (χ3v) is 2.69. The van der Waals surface area contributed by atoms with Crippen LogP contribution >= 0.6 is 0 Å². The second kappa shape index (κ2) is 8.03. The molecular formula is C14H26N4. The standard InChI is InChI=1S/C14H26N4/c1-11(2)6-9-15-7-5-8-16-14-17-12(3)10-13(4)18-14/h10-11,15H,5-9H2,1-4H3,(H,16,17,18). The lowest BCUT2D eigenvalue weighted by molar-refractivity contribution is 0.535. The van der Waals surface area contributed by atoms with Crippen molar-refractivity contribution in [1.82, 2.24) is 15.3 Å². The number of nitrogens with one attached hydrogen (secondary N) is 2. The molecule has 4 heteroatoms. The molecule has 0 saturated heterocycles. The Morgan fingerprint density at radius 1 is 1.06 bits per heavy atom. The van der Waals surface area contributed by atoms with E-state index in [2.05, 4.69) is 34.4 Å². The summed E-state index contributed by atoms with van der Waals surface area (Å²) < 4.78 is 0. The Bertz CT molecular complexity index is 329. The number of hydrogen-bond donors (Lipinski definition) is 2. The third kappa shape index (κ3) is 6.55. The maximum Gasteiger partial charge on any atom is 0.223 e. The van der Waals surface area contributed by atoms with Crippen LogP contribution < -0.4 is 10.6 Å². The zero-order valence-electron chi connectivity index (χ0n) is 12.1. The van der Waals surface area contributed by atoms with Crippen molar-refractivity contribution in [2.75, 3.05) is 25.0 Å². The van der Waals surface area contributed by atoms with Gasteiger partial charge in [0.15, 0.2) is 0 Å². The van der Waals surface area contributed by atoms with Crippen molar-refractivity contribution in [3.8, 4) is 0 Å². The number of rotatable bonds is 8. The van der Waals surface area contributed by atoms with Gasteiger partial charge in [-0.25, -0.2) is 9.97 Å². The van der Waals surface area contributed by atoms with E-state index in [0.29, 0.717) is 0 Å². The summed E-state index contributed by atoms with van der Waals surface area (Å²) in [6, 6.07) is 1.98. The van der Waals surface area contributed by atoms with E-state index >= 15 is 0 Å². The molecule has 1 aromatic heterocycles. The Labute approximate surface area is 111 Å². The predicted octanol–water partition coefficient (Wildman–Crippen LogP) is 2.53. The van der Waals surface area contributed by atoms with Gasteiger partial charge in [-0.1, -0.05) is 13.8 Å². The molecule has 0 aliphatic carbocycles. The molecule has 0 aliphatic rings. The van der Waals surface area contributed by atoms with Gasteiger partial charge in [-0.05, 0) is 51.8 Å². The normalized spacial score (nSPS) is 10.9. The number of nitrogens with zero attached hydrogens (tertiary/aromatic N) is 2. The minimum absolute atomic E-state index is 0.745. The van der Waals surface area contributed by atoms with Gasteiger partial charge >= 0.3 is 0 Å². The third-order valence-electron chi connectivity index (χ3n) is 2.69. The van der Waals surface area contributed by atoms with E-state index < -0.39 is 0 Å². The molecule has 1 rings (SSSR count). The van der Waals surface area contributed by atoms with Gasteiger partial charge in [0.05, 0.1) is 0 Å². The summed E-state index contributed by atoms with van der Waals surface area (Å²) in [6.07, 6.45) is 2.34. The highest BCUT2D eigenvalue weighted by Crippen LogP contribution is 2.03. The van der Waals surface area contributed by atoms with Crippen molar-refractivity contribution in [3.63, 3.8) is 0 Å². The highest BCUT2D eigenvalue weighted by molar-refractivity contribution is 5.27. The zero-order valence-corrected chi connectivity index (χ0v) is 12.1. The molecule has 0 radical (unpaired) electrons. The minimum Gasteiger partial charge on any atom is -0.354 e. The van der Waals surface area contributed by atoms with E-state index in [9.17, 15) is 0 Å². The van der Waals surface area contributed by atoms with E-state index in [-0.39, 0.29) is 0 Å². The summed E-state index contributed by atoms with van der Waals surface area (Å²) in [5.74, 6) is 1.52. The first kappa shape index (κ1) is 14.9. The first-order valence-corrected chi connectivity index (χ1v) is 6.85. The van der Waals surface area contributed by atoms with Crippen molar-refractivity contribution in [3.05, 3.63) is 17.5 Å². The van der Waals surface area contributed by atoms with Crippen LogP contribution in [-0.2, 0) is 0 Å². The topological polar surface area (TPSA) is 49.8 Å². The molecule has 0 saturated carbocycles. The SMILES string of the molecule is Cc1cc(C)nc(NCCCNCCC(C)C)n1. The van der Waals surface area contributed by atoms with Crippen LogP contribution in [0.25, 0.3) is 0 Å². The van der Waals surface area contributed by atoms with Gasteiger partial charge in [-0.3, -0.25) is 0 Å². The van der Waals surface area contributed by atoms with Gasteiger partial charge in [0.2, 0.25) is 5.95 Å². The van der Waals surface area contributed by atoms with Crippen LogP contribution in [0.15, 0.2) is 6.07 Å². The van der Waals surface area contributed by atoms with Crippen LogP contribution in [0.5, 0.6) is 0 Å². The monoisotopic (exact) mass is 250 g/mol. The van der Waals surface area contributed by atoms with E-state index in [1.807, 2.05) is 19.9 Å². The van der Waals surface area contributed by atoms with E-state index in [0.717, 1.165) is 49.3 Å². The molecule has 0 atom stereocenters. The Hall–Kier alpha value is -1.16. The molecule has 102 valence electrons. The van der Waals surface area contributed by atoms with Crippen LogP contribution in [0.3, 0.4) is 0 Å². The largest absolute Gasteiger partial charge is 0.354 e. The molecule has 0 unspecified atom stereocenters. The lowest BCUT2D eigenvalue weighted by Gasteiger charge is -2.08. The summed E-state index contributed by atoms with van der Waals surface area (Å²) in [4.78, 5) is 8.70. The molecule has 0 aromatic carbocycles. The van der Waals surface area contributed by atoms with Crippen LogP contribution in [0.1, 0.15) is 38.1 Å². The first-order valence-electron chi connectivity index (χ1n) is 6.85. The summed E-state index contributed by atoms with van der Waals surface area (Å²) in [6.45, 7) is 11.6. The Kier molecular flexibility index (Phi) is 6.65. The van der Waals surface area contributed by atoms with Gasteiger partial charge in [0, 0.05) is 17.9 Å². The summed E-state index contributed by atoms with van der Waals surface area (Å²) in [7, 11) is 0. The molecule has 1 heterocycles. The van der Waals surface area contributed by atoms with Crippen molar-refractivity contribution in [2.45, 2.75) is 40.5 Å². The average Bonchev–Trinajstić information content (AvgIpc) is 2.26. The average molecular weight is 250 g/mol. The molecule has 18 heavy (non-hydrogen) atoms. The highest BCUT2D eigenvalue weighted by atomic mass is 15.1. The van der Waals surface area contributed by atoms with Gasteiger partial charge in [-0.2, -0.15) is 0 Å². The van der Waals surface area contributed by atoms with Crippen LogP contribution in [0.2, 0.25) is 0 Å². The lowest BCUT2D eigenvalue weighted by Crippen LogP contribution is -2.20. The summed E-state index contributed by atoms with van der Waals surface area (Å²) in [5.41, 5.74) is 2.03. The molecular weight excluding hydrogens is 224 g/mol. The van der Waals surface area contributed by atoms with Crippen molar-refractivity contribution in [2.24, 2.45) is 5.92 Å². The fourth-order valence-electron chi connectivity index (χ4n) is 1.73. The molecule has 1 aromatic rings. The Morgan fingerprint density at radius 2 is 1.72 bits per heavy atom. The van der Waals surface area contributed by atoms with Gasteiger partial charge in [0.25, 0.3) is 0 Å². The fraction of sp³-hybridized carbons (Fsp3) is 0.714. The van der Waals surface area contributed by atoms with Crippen molar-refractivity contribution < 1.29 is 0 Å². The Balaban J connectivity index is 2.10. The molecule has 0 fully saturated rings. The summed E-state index contributed by atoms with van der Waals surface area (Å²) >= 11 is 0. The first-order chi connectivity index (χ1) is 8.58. The van der Waals surface area contributed by atoms with E-state index in [1.54, 1.807) is 0 Å². The van der Waals surface area contributed by atoms with Crippen LogP contribution in [-0.4, -0.2) is 29.6 Å². The number of aromatic nitrogens is 2. The minimum atomic E-state index is 0.745. The maximum atomic E-state index is 4.35. The Morgan fingerprint density at radius 3 is 2.33 bits per heavy atom. The number of anilines is 1. The van der Waals surface area contributed by atoms with E-state index in [4.69, 9.17) is 0 Å². The number of aryl methyl sites for hydroxylation is 2. The quantitative estimate of drug-likeness (QED) is 0.696. The molecule has 0 bridgehead atoms. The van der Waals surface area contributed by atoms with Crippen molar-refractivity contribution in [1.29, 1.82) is 0 Å². The molecule has 2 N–H and O–H groups in total. The summed E-state index contributed by atoms with van der Waals surface area (Å²) in [5, 5.41) is 6.71. The highest BCUT2D eigenvalue weighted by Gasteiger charge is 1.98. The second-order valence-corrected chi connectivity index (χ2v) is 5.19. The van der Waals surface area contributed by atoms with Crippen LogP contribution in [0, 0.1) is 19.8 Å². The van der Waals surface area contributed by atoms with Gasteiger partial charge < -0.3 is 10.6 Å². The van der Waals surface area contributed by atoms with Crippen molar-refractivity contribution >= 4 is 5.95 Å². The van der Waals surface area contributed by atoms with Gasteiger partial charge in [-0.15, -0.1) is 0 Å². The maximum absolute atomic E-state index is 4.35. The molecule has 0 amide bonds. The predicted molar refractivity (Wildman–Crippen MR) is 76.9 cm³/mol. The number of hydrogen-bond acceptors (Lipinski definition) is 4. The lowest BCUT2D eigenvalue weighted by atomic mass is 10.1. The molecule has 4 nitrogen and oxygen atoms in total. The smallest absolute Gasteiger partial charge is 0.223 e. The van der Waals surface area contributed by atoms with Crippen LogP contribution in [0.4, 0.5) is 5.95 Å². The van der Waals surface area contributed by atoms with Gasteiger partial charge in [0.1, 0.15) is 0 Å².